The average Bonchev–Trinajstić information content (AvgIpc) is 3.13. The van der Waals surface area contributed by atoms with Crippen molar-refractivity contribution in [1.29, 1.82) is 0 Å². The monoisotopic (exact) mass is 374 g/mol. The molecule has 1 N–H and O–H groups in total. The summed E-state index contributed by atoms with van der Waals surface area (Å²) >= 11 is 0. The quantitative estimate of drug-likeness (QED) is 0.458. The zero-order valence-corrected chi connectivity index (χ0v) is 18.7. The second-order valence-corrected chi connectivity index (χ2v) is 7.72. The van der Waals surface area contributed by atoms with Gasteiger partial charge in [0.25, 0.3) is 0 Å². The summed E-state index contributed by atoms with van der Waals surface area (Å²) in [6, 6.07) is 10.9. The average molecular weight is 374 g/mol. The predicted octanol–water partition coefficient (Wildman–Crippen LogP) is 5.50. The molecule has 1 aromatic carbocycles. The summed E-state index contributed by atoms with van der Waals surface area (Å²) in [7, 11) is 0.511. The SMILES string of the molecule is CC1=[C-]C(C)C(C)=C1C.C[SiH]c1ccccc1.[NH-]C1CCCC1.[Ti+2]. The molecule has 0 amide bonds. The van der Waals surface area contributed by atoms with Gasteiger partial charge in [0, 0.05) is 0 Å². The fourth-order valence-electron chi connectivity index (χ4n) is 2.73. The number of allylic oxidation sites excluding steroid dienone is 4. The van der Waals surface area contributed by atoms with E-state index in [-0.39, 0.29) is 21.7 Å². The molecule has 0 aliphatic heterocycles. The number of hydrogen-bond donors (Lipinski definition) is 0. The Labute approximate surface area is 166 Å². The molecular weight excluding hydrogens is 342 g/mol. The van der Waals surface area contributed by atoms with Crippen LogP contribution in [0.4, 0.5) is 0 Å². The van der Waals surface area contributed by atoms with Crippen molar-refractivity contribution in [2.24, 2.45) is 5.92 Å². The third kappa shape index (κ3) is 8.62. The van der Waals surface area contributed by atoms with Crippen LogP contribution in [0.5, 0.6) is 0 Å². The van der Waals surface area contributed by atoms with Gasteiger partial charge in [0.05, 0.1) is 9.52 Å². The molecule has 3 rings (SSSR count). The van der Waals surface area contributed by atoms with Crippen LogP contribution in [-0.4, -0.2) is 15.6 Å². The van der Waals surface area contributed by atoms with E-state index in [4.69, 9.17) is 5.73 Å². The van der Waals surface area contributed by atoms with Crippen LogP contribution in [0.2, 0.25) is 6.55 Å². The Morgan fingerprint density at radius 3 is 1.79 bits per heavy atom. The zero-order valence-electron chi connectivity index (χ0n) is 15.9. The summed E-state index contributed by atoms with van der Waals surface area (Å²) in [5.74, 6) is 0.560. The summed E-state index contributed by atoms with van der Waals surface area (Å²) < 4.78 is 0. The summed E-state index contributed by atoms with van der Waals surface area (Å²) in [6.07, 6.45) is 8.26. The van der Waals surface area contributed by atoms with Gasteiger partial charge >= 0.3 is 21.7 Å². The van der Waals surface area contributed by atoms with Crippen LogP contribution in [-0.2, 0) is 21.7 Å². The van der Waals surface area contributed by atoms with Gasteiger partial charge in [-0.3, -0.25) is 6.08 Å². The first-order chi connectivity index (χ1) is 11.0. The molecule has 1 radical (unpaired) electrons. The fourth-order valence-corrected chi connectivity index (χ4v) is 3.34. The van der Waals surface area contributed by atoms with Gasteiger partial charge in [-0.2, -0.15) is 11.1 Å². The third-order valence-corrected chi connectivity index (χ3v) is 5.78. The predicted molar refractivity (Wildman–Crippen MR) is 106 cm³/mol. The van der Waals surface area contributed by atoms with Crippen molar-refractivity contribution in [1.82, 2.24) is 0 Å². The molecule has 0 spiro atoms. The first kappa shape index (κ1) is 23.6. The minimum atomic E-state index is 0. The van der Waals surface area contributed by atoms with Crippen LogP contribution in [0.1, 0.15) is 53.4 Å². The topological polar surface area (TPSA) is 23.8 Å². The maximum absolute atomic E-state index is 7.13. The van der Waals surface area contributed by atoms with Crippen LogP contribution < -0.4 is 5.19 Å². The number of hydrogen-bond acceptors (Lipinski definition) is 0. The van der Waals surface area contributed by atoms with Crippen molar-refractivity contribution < 1.29 is 21.7 Å². The van der Waals surface area contributed by atoms with Crippen molar-refractivity contribution in [2.45, 2.75) is 66.0 Å². The molecule has 129 valence electrons. The van der Waals surface area contributed by atoms with Gasteiger partial charge in [-0.15, -0.1) is 13.0 Å². The Bertz CT molecular complexity index is 516. The van der Waals surface area contributed by atoms with Crippen molar-refractivity contribution in [2.75, 3.05) is 0 Å². The van der Waals surface area contributed by atoms with Gasteiger partial charge < -0.3 is 5.73 Å². The second kappa shape index (κ2) is 12.9. The normalized spacial score (nSPS) is 19.6. The Morgan fingerprint density at radius 1 is 1.04 bits per heavy atom. The smallest absolute Gasteiger partial charge is 0.675 e. The zero-order chi connectivity index (χ0) is 17.2. The van der Waals surface area contributed by atoms with E-state index in [9.17, 15) is 0 Å². The number of nitrogens with one attached hydrogen (secondary N) is 1. The van der Waals surface area contributed by atoms with E-state index in [1.807, 2.05) is 0 Å². The van der Waals surface area contributed by atoms with Gasteiger partial charge in [-0.1, -0.05) is 94.4 Å². The molecule has 24 heavy (non-hydrogen) atoms. The van der Waals surface area contributed by atoms with Crippen LogP contribution in [0.15, 0.2) is 47.1 Å². The molecule has 0 heterocycles. The van der Waals surface area contributed by atoms with E-state index in [0.29, 0.717) is 21.5 Å². The molecule has 1 aromatic rings. The van der Waals surface area contributed by atoms with Gasteiger partial charge in [0.2, 0.25) is 0 Å². The van der Waals surface area contributed by atoms with Gasteiger partial charge in [0.15, 0.2) is 0 Å². The Hall–Kier alpha value is -0.409. The standard InChI is InChI=1S/C9H13.C7H9Si.C5H10N.Ti/c1-6-5-7(2)9(4)8(6)3;1-8-7-5-3-2-4-6-7;6-5-3-1-2-4-5;/h6H,1-4H3;2-6,8H,1H3;5-6H,1-4H2;/q-1;;-1;+2. The Kier molecular flexibility index (Phi) is 12.7. The summed E-state index contributed by atoms with van der Waals surface area (Å²) in [4.78, 5) is 0. The van der Waals surface area contributed by atoms with E-state index >= 15 is 0 Å². The first-order valence-corrected chi connectivity index (χ1v) is 10.5. The fraction of sp³-hybridized carbons (Fsp3) is 0.524. The van der Waals surface area contributed by atoms with Gasteiger partial charge in [-0.25, -0.2) is 5.57 Å². The molecule has 3 heteroatoms. The van der Waals surface area contributed by atoms with Crippen molar-refractivity contribution >= 4 is 14.7 Å². The largest absolute Gasteiger partial charge is 2.00 e. The maximum atomic E-state index is 7.13. The van der Waals surface area contributed by atoms with Crippen LogP contribution in [0.25, 0.3) is 5.73 Å². The Morgan fingerprint density at radius 2 is 1.58 bits per heavy atom. The molecule has 0 aromatic heterocycles. The van der Waals surface area contributed by atoms with Gasteiger partial charge in [0.1, 0.15) is 0 Å². The molecule has 0 bridgehead atoms. The molecule has 1 saturated carbocycles. The van der Waals surface area contributed by atoms with E-state index in [1.165, 1.54) is 34.7 Å². The van der Waals surface area contributed by atoms with E-state index in [2.05, 4.69) is 70.6 Å². The molecule has 1 unspecified atom stereocenters. The maximum Gasteiger partial charge on any atom is 2.00 e. The van der Waals surface area contributed by atoms with Gasteiger partial charge in [-0.05, 0) is 0 Å². The molecule has 1 nitrogen and oxygen atoms in total. The molecule has 1 fully saturated rings. The number of rotatable bonds is 1. The number of benzene rings is 1. The van der Waals surface area contributed by atoms with Crippen LogP contribution >= 0.6 is 0 Å². The van der Waals surface area contributed by atoms with Crippen molar-refractivity contribution in [3.63, 3.8) is 0 Å². The van der Waals surface area contributed by atoms with Crippen molar-refractivity contribution in [3.05, 3.63) is 58.9 Å². The molecule has 2 aliphatic rings. The minimum Gasteiger partial charge on any atom is -0.675 e. The molecule has 2 aliphatic carbocycles. The summed E-state index contributed by atoms with van der Waals surface area (Å²) in [5, 5.41) is 1.49. The minimum absolute atomic E-state index is 0. The summed E-state index contributed by atoms with van der Waals surface area (Å²) in [5.41, 5.74) is 11.4. The van der Waals surface area contributed by atoms with Crippen molar-refractivity contribution in [3.8, 4) is 0 Å². The molecular formula is C21H32NSiTi. The Balaban J connectivity index is 0.000000330. The molecule has 0 saturated heterocycles. The summed E-state index contributed by atoms with van der Waals surface area (Å²) in [6.45, 7) is 10.9. The van der Waals surface area contributed by atoms with E-state index in [0.717, 1.165) is 12.8 Å². The van der Waals surface area contributed by atoms with Crippen LogP contribution in [0.3, 0.4) is 0 Å². The third-order valence-electron chi connectivity index (χ3n) is 4.72. The van der Waals surface area contributed by atoms with E-state index in [1.54, 1.807) is 0 Å². The van der Waals surface area contributed by atoms with Crippen LogP contribution in [0, 0.1) is 12.0 Å². The first-order valence-electron chi connectivity index (χ1n) is 8.79. The molecule has 1 atom stereocenters. The second-order valence-electron chi connectivity index (χ2n) is 6.48. The van der Waals surface area contributed by atoms with E-state index < -0.39 is 0 Å².